The lowest BCUT2D eigenvalue weighted by molar-refractivity contribution is -0.120. The Bertz CT molecular complexity index is 179. The van der Waals surface area contributed by atoms with Crippen LogP contribution in [0.4, 0.5) is 0 Å². The van der Waals surface area contributed by atoms with Gasteiger partial charge in [-0.05, 0) is 19.8 Å². The molecule has 0 aromatic heterocycles. The van der Waals surface area contributed by atoms with Gasteiger partial charge in [0.25, 0.3) is 0 Å². The first-order valence-corrected chi connectivity index (χ1v) is 5.70. The van der Waals surface area contributed by atoms with Gasteiger partial charge in [-0.1, -0.05) is 20.3 Å². The summed E-state index contributed by atoms with van der Waals surface area (Å²) in [6, 6.07) is 0. The van der Waals surface area contributed by atoms with E-state index < -0.39 is 0 Å². The van der Waals surface area contributed by atoms with Crippen molar-refractivity contribution in [2.75, 3.05) is 19.7 Å². The first-order valence-electron chi connectivity index (χ1n) is 5.70. The van der Waals surface area contributed by atoms with Gasteiger partial charge in [0.2, 0.25) is 5.91 Å². The van der Waals surface area contributed by atoms with Crippen molar-refractivity contribution < 1.29 is 9.90 Å². The van der Waals surface area contributed by atoms with Gasteiger partial charge in [0.15, 0.2) is 0 Å². The Morgan fingerprint density at radius 2 is 2.07 bits per heavy atom. The number of carbonyl (C=O) groups excluding carboxylic acids is 1. The molecule has 0 aromatic rings. The van der Waals surface area contributed by atoms with Gasteiger partial charge >= 0.3 is 0 Å². The first kappa shape index (κ1) is 14.4. The number of hydrogen-bond acceptors (Lipinski definition) is 3. The third-order valence-electron chi connectivity index (χ3n) is 2.66. The second-order valence-electron chi connectivity index (χ2n) is 4.13. The zero-order valence-corrected chi connectivity index (χ0v) is 10.1. The molecule has 0 saturated heterocycles. The fourth-order valence-electron chi connectivity index (χ4n) is 1.05. The lowest BCUT2D eigenvalue weighted by Gasteiger charge is -2.26. The van der Waals surface area contributed by atoms with Gasteiger partial charge in [-0.3, -0.25) is 4.79 Å². The second kappa shape index (κ2) is 7.65. The summed E-state index contributed by atoms with van der Waals surface area (Å²) in [4.78, 5) is 11.3. The summed E-state index contributed by atoms with van der Waals surface area (Å²) in [6.07, 6.45) is 2.89. The Morgan fingerprint density at radius 1 is 1.40 bits per heavy atom. The molecule has 0 saturated carbocycles. The number of carbonyl (C=O) groups is 1. The van der Waals surface area contributed by atoms with Gasteiger partial charge < -0.3 is 15.7 Å². The van der Waals surface area contributed by atoms with E-state index in [1.54, 1.807) is 0 Å². The molecule has 15 heavy (non-hydrogen) atoms. The third-order valence-corrected chi connectivity index (χ3v) is 2.66. The van der Waals surface area contributed by atoms with E-state index in [4.69, 9.17) is 5.11 Å². The van der Waals surface area contributed by atoms with E-state index in [9.17, 15) is 4.79 Å². The van der Waals surface area contributed by atoms with Crippen molar-refractivity contribution in [1.82, 2.24) is 10.6 Å². The molecule has 0 fully saturated rings. The quantitative estimate of drug-likeness (QED) is 0.522. The summed E-state index contributed by atoms with van der Waals surface area (Å²) in [7, 11) is 0. The highest BCUT2D eigenvalue weighted by Gasteiger charge is 2.20. The average Bonchev–Trinajstić information content (AvgIpc) is 2.26. The van der Waals surface area contributed by atoms with Crippen molar-refractivity contribution in [3.8, 4) is 0 Å². The molecule has 4 heteroatoms. The van der Waals surface area contributed by atoms with Crippen molar-refractivity contribution in [1.29, 1.82) is 0 Å². The predicted octanol–water partition coefficient (Wildman–Crippen LogP) is 0.653. The highest BCUT2D eigenvalue weighted by Crippen LogP contribution is 2.06. The number of aliphatic hydroxyl groups is 1. The van der Waals surface area contributed by atoms with Crippen LogP contribution in [0.2, 0.25) is 0 Å². The maximum Gasteiger partial charge on any atom is 0.233 e. The summed E-state index contributed by atoms with van der Waals surface area (Å²) >= 11 is 0. The number of unbranched alkanes of at least 4 members (excludes halogenated alkanes) is 1. The van der Waals surface area contributed by atoms with Crippen LogP contribution in [0, 0.1) is 0 Å². The monoisotopic (exact) mass is 216 g/mol. The number of aliphatic hydroxyl groups excluding tert-OH is 1. The van der Waals surface area contributed by atoms with Crippen molar-refractivity contribution in [3.05, 3.63) is 0 Å². The molecule has 0 aliphatic rings. The molecular weight excluding hydrogens is 192 g/mol. The summed E-state index contributed by atoms with van der Waals surface area (Å²) in [6.45, 7) is 7.04. The number of rotatable bonds is 8. The zero-order valence-electron chi connectivity index (χ0n) is 10.1. The van der Waals surface area contributed by atoms with Crippen LogP contribution in [0.5, 0.6) is 0 Å². The van der Waals surface area contributed by atoms with Crippen molar-refractivity contribution >= 4 is 5.91 Å². The van der Waals surface area contributed by atoms with E-state index in [1.807, 2.05) is 13.8 Å². The molecule has 3 N–H and O–H groups in total. The van der Waals surface area contributed by atoms with E-state index in [-0.39, 0.29) is 24.6 Å². The molecule has 1 unspecified atom stereocenters. The van der Waals surface area contributed by atoms with Gasteiger partial charge in [0, 0.05) is 12.1 Å². The molecule has 0 radical (unpaired) electrons. The molecule has 0 bridgehead atoms. The standard InChI is InChI=1S/C11H24N2O2/c1-4-6-7-12-10(15)8-13-11(3,5-2)9-14/h13-14H,4-9H2,1-3H3,(H,12,15). The van der Waals surface area contributed by atoms with Crippen molar-refractivity contribution in [2.24, 2.45) is 0 Å². The van der Waals surface area contributed by atoms with E-state index >= 15 is 0 Å². The van der Waals surface area contributed by atoms with E-state index in [1.165, 1.54) is 0 Å². The second-order valence-corrected chi connectivity index (χ2v) is 4.13. The van der Waals surface area contributed by atoms with Gasteiger partial charge in [0.1, 0.15) is 0 Å². The van der Waals surface area contributed by atoms with Gasteiger partial charge in [0.05, 0.1) is 13.2 Å². The van der Waals surface area contributed by atoms with Crippen molar-refractivity contribution in [2.45, 2.75) is 45.6 Å². The molecule has 0 aliphatic heterocycles. The molecule has 0 aromatic carbocycles. The Labute approximate surface area is 92.4 Å². The summed E-state index contributed by atoms with van der Waals surface area (Å²) in [5.41, 5.74) is -0.345. The number of amides is 1. The largest absolute Gasteiger partial charge is 0.394 e. The Hall–Kier alpha value is -0.610. The molecule has 0 heterocycles. The van der Waals surface area contributed by atoms with Crippen LogP contribution < -0.4 is 10.6 Å². The van der Waals surface area contributed by atoms with E-state index in [0.29, 0.717) is 0 Å². The fraction of sp³-hybridized carbons (Fsp3) is 0.909. The lowest BCUT2D eigenvalue weighted by Crippen LogP contribution is -2.49. The van der Waals surface area contributed by atoms with Crippen LogP contribution in [0.3, 0.4) is 0 Å². The minimum absolute atomic E-state index is 0.00317. The maximum atomic E-state index is 11.3. The molecule has 0 spiro atoms. The van der Waals surface area contributed by atoms with Gasteiger partial charge in [-0.25, -0.2) is 0 Å². The normalized spacial score (nSPS) is 14.7. The smallest absolute Gasteiger partial charge is 0.233 e. The third kappa shape index (κ3) is 6.47. The Balaban J connectivity index is 3.69. The lowest BCUT2D eigenvalue weighted by atomic mass is 10.0. The average molecular weight is 216 g/mol. The molecule has 0 aliphatic carbocycles. The molecule has 1 atom stereocenters. The minimum atomic E-state index is -0.345. The highest BCUT2D eigenvalue weighted by atomic mass is 16.3. The van der Waals surface area contributed by atoms with Crippen LogP contribution >= 0.6 is 0 Å². The van der Waals surface area contributed by atoms with Crippen LogP contribution in [0.15, 0.2) is 0 Å². The Morgan fingerprint density at radius 3 is 2.53 bits per heavy atom. The van der Waals surface area contributed by atoms with Crippen molar-refractivity contribution in [3.63, 3.8) is 0 Å². The van der Waals surface area contributed by atoms with Crippen LogP contribution in [-0.2, 0) is 4.79 Å². The van der Waals surface area contributed by atoms with E-state index in [0.717, 1.165) is 25.8 Å². The number of nitrogens with one attached hydrogen (secondary N) is 2. The molecule has 4 nitrogen and oxygen atoms in total. The SMILES string of the molecule is CCCCNC(=O)CNC(C)(CC)CO. The summed E-state index contributed by atoms with van der Waals surface area (Å²) in [5, 5.41) is 15.0. The van der Waals surface area contributed by atoms with Gasteiger partial charge in [-0.15, -0.1) is 0 Å². The van der Waals surface area contributed by atoms with Crippen LogP contribution in [0.1, 0.15) is 40.0 Å². The predicted molar refractivity (Wildman–Crippen MR) is 61.7 cm³/mol. The van der Waals surface area contributed by atoms with Crippen LogP contribution in [-0.4, -0.2) is 36.2 Å². The van der Waals surface area contributed by atoms with Crippen LogP contribution in [0.25, 0.3) is 0 Å². The topological polar surface area (TPSA) is 61.4 Å². The molecule has 1 amide bonds. The molecular formula is C11H24N2O2. The fourth-order valence-corrected chi connectivity index (χ4v) is 1.05. The maximum absolute atomic E-state index is 11.3. The minimum Gasteiger partial charge on any atom is -0.394 e. The number of hydrogen-bond donors (Lipinski definition) is 3. The Kier molecular flexibility index (Phi) is 7.34. The van der Waals surface area contributed by atoms with E-state index in [2.05, 4.69) is 17.6 Å². The molecule has 90 valence electrons. The highest BCUT2D eigenvalue weighted by molar-refractivity contribution is 5.78. The summed E-state index contributed by atoms with van der Waals surface area (Å²) < 4.78 is 0. The molecule has 0 rings (SSSR count). The summed E-state index contributed by atoms with van der Waals surface area (Å²) in [5.74, 6) is -0.00317. The first-order chi connectivity index (χ1) is 7.08. The van der Waals surface area contributed by atoms with Gasteiger partial charge in [-0.2, -0.15) is 0 Å². The zero-order chi connectivity index (χ0) is 11.7.